The number of anilines is 1. The minimum Gasteiger partial charge on any atom is -0.497 e. The maximum absolute atomic E-state index is 10.9. The summed E-state index contributed by atoms with van der Waals surface area (Å²) in [5, 5.41) is 23.8. The van der Waals surface area contributed by atoms with Gasteiger partial charge in [0, 0.05) is 6.54 Å². The molecule has 0 bridgehead atoms. The van der Waals surface area contributed by atoms with E-state index in [0.717, 1.165) is 11.3 Å². The molecule has 32 heavy (non-hydrogen) atoms. The fourth-order valence-corrected chi connectivity index (χ4v) is 3.71. The summed E-state index contributed by atoms with van der Waals surface area (Å²) in [6.45, 7) is -0.138. The minimum absolute atomic E-state index is 0.338. The molecule has 3 heterocycles. The van der Waals surface area contributed by atoms with Crippen molar-refractivity contribution in [3.8, 4) is 5.75 Å². The molecule has 3 aromatic rings. The maximum Gasteiger partial charge on any atom is 0.469 e. The van der Waals surface area contributed by atoms with Gasteiger partial charge in [0.25, 0.3) is 0 Å². The van der Waals surface area contributed by atoms with Crippen LogP contribution >= 0.6 is 7.82 Å². The number of nitrogens with one attached hydrogen (secondary N) is 1. The Labute approximate surface area is 181 Å². The fourth-order valence-electron chi connectivity index (χ4n) is 3.36. The van der Waals surface area contributed by atoms with Crippen LogP contribution in [0.2, 0.25) is 0 Å². The first-order chi connectivity index (χ1) is 15.3. The van der Waals surface area contributed by atoms with E-state index in [1.165, 1.54) is 17.2 Å². The second-order valence-corrected chi connectivity index (χ2v) is 8.32. The van der Waals surface area contributed by atoms with Gasteiger partial charge in [-0.1, -0.05) is 12.1 Å². The zero-order chi connectivity index (χ0) is 22.9. The Kier molecular flexibility index (Phi) is 6.40. The smallest absolute Gasteiger partial charge is 0.469 e. The van der Waals surface area contributed by atoms with Gasteiger partial charge in [-0.05, 0) is 17.7 Å². The van der Waals surface area contributed by atoms with Gasteiger partial charge in [-0.25, -0.2) is 19.5 Å². The molecule has 2 aromatic heterocycles. The van der Waals surface area contributed by atoms with Crippen LogP contribution in [0.3, 0.4) is 0 Å². The first kappa shape index (κ1) is 22.6. The van der Waals surface area contributed by atoms with Gasteiger partial charge in [0.1, 0.15) is 30.4 Å². The Morgan fingerprint density at radius 3 is 2.59 bits per heavy atom. The van der Waals surface area contributed by atoms with Crippen LogP contribution in [0, 0.1) is 0 Å². The van der Waals surface area contributed by atoms with Crippen LogP contribution in [0.4, 0.5) is 5.82 Å². The zero-order valence-electron chi connectivity index (χ0n) is 16.8. The van der Waals surface area contributed by atoms with Crippen LogP contribution in [-0.2, 0) is 20.4 Å². The number of hydrogen-bond donors (Lipinski definition) is 5. The van der Waals surface area contributed by atoms with E-state index in [0.29, 0.717) is 23.5 Å². The average Bonchev–Trinajstić information content (AvgIpc) is 3.32. The lowest BCUT2D eigenvalue weighted by atomic mass is 10.1. The highest BCUT2D eigenvalue weighted by atomic mass is 31.2. The Balaban J connectivity index is 1.51. The highest BCUT2D eigenvalue weighted by Gasteiger charge is 2.45. The number of fused-ring (bicyclic) bond motifs is 1. The van der Waals surface area contributed by atoms with Crippen LogP contribution in [0.25, 0.3) is 11.2 Å². The van der Waals surface area contributed by atoms with Crippen LogP contribution in [0.1, 0.15) is 11.8 Å². The summed E-state index contributed by atoms with van der Waals surface area (Å²) in [5.41, 5.74) is 1.74. The largest absolute Gasteiger partial charge is 0.497 e. The first-order valence-electron chi connectivity index (χ1n) is 9.53. The van der Waals surface area contributed by atoms with Crippen molar-refractivity contribution in [3.05, 3.63) is 42.5 Å². The minimum atomic E-state index is -4.76. The lowest BCUT2D eigenvalue weighted by Crippen LogP contribution is -2.33. The Morgan fingerprint density at radius 2 is 1.91 bits per heavy atom. The second-order valence-electron chi connectivity index (χ2n) is 7.08. The molecule has 1 saturated heterocycles. The summed E-state index contributed by atoms with van der Waals surface area (Å²) in [5.74, 6) is 1.21. The molecular formula is C18H22N5O8P. The van der Waals surface area contributed by atoms with Gasteiger partial charge in [0.15, 0.2) is 23.2 Å². The topological polar surface area (TPSA) is 181 Å². The third-order valence-corrected chi connectivity index (χ3v) is 5.48. The number of rotatable bonds is 8. The van der Waals surface area contributed by atoms with E-state index in [1.54, 1.807) is 7.11 Å². The van der Waals surface area contributed by atoms with Gasteiger partial charge in [-0.15, -0.1) is 0 Å². The van der Waals surface area contributed by atoms with Crippen molar-refractivity contribution in [2.24, 2.45) is 0 Å². The molecule has 4 rings (SSSR count). The number of aliphatic hydroxyl groups excluding tert-OH is 2. The van der Waals surface area contributed by atoms with E-state index in [9.17, 15) is 14.8 Å². The van der Waals surface area contributed by atoms with Crippen molar-refractivity contribution in [1.29, 1.82) is 0 Å². The highest BCUT2D eigenvalue weighted by molar-refractivity contribution is 7.46. The van der Waals surface area contributed by atoms with E-state index in [4.69, 9.17) is 19.3 Å². The van der Waals surface area contributed by atoms with Crippen LogP contribution in [0.15, 0.2) is 36.9 Å². The number of methoxy groups -OCH3 is 1. The number of ether oxygens (including phenoxy) is 2. The number of aliphatic hydroxyl groups is 2. The summed E-state index contributed by atoms with van der Waals surface area (Å²) >= 11 is 0. The van der Waals surface area contributed by atoms with Crippen molar-refractivity contribution >= 4 is 24.8 Å². The van der Waals surface area contributed by atoms with E-state index < -0.39 is 39.0 Å². The highest BCUT2D eigenvalue weighted by Crippen LogP contribution is 2.39. The molecule has 5 N–H and O–H groups in total. The van der Waals surface area contributed by atoms with E-state index in [2.05, 4.69) is 24.8 Å². The van der Waals surface area contributed by atoms with Crippen molar-refractivity contribution in [2.75, 3.05) is 19.0 Å². The predicted octanol–water partition coefficient (Wildman–Crippen LogP) is 0.175. The standard InChI is InChI=1S/C18H22N5O8P/c1-29-11-4-2-10(3-5-11)6-19-16-13-17(21-8-20-16)23(9-22-13)18-15(25)14(24)12(31-18)7-30-32(26,27)28/h2-5,8-9,12,14-15,18,24-25H,6-7H2,1H3,(H,19,20,21)(H2,26,27,28)/t12-,14-,15-,18-/m1/s1. The molecule has 1 aliphatic heterocycles. The first-order valence-corrected chi connectivity index (χ1v) is 11.1. The molecule has 0 saturated carbocycles. The predicted molar refractivity (Wildman–Crippen MR) is 110 cm³/mol. The number of nitrogens with zero attached hydrogens (tertiary/aromatic N) is 4. The molecule has 1 aliphatic rings. The Hall–Kier alpha value is -2.64. The van der Waals surface area contributed by atoms with Gasteiger partial charge in [-0.3, -0.25) is 9.09 Å². The normalized spacial score (nSPS) is 23.5. The molecule has 14 heteroatoms. The van der Waals surface area contributed by atoms with Crippen molar-refractivity contribution < 1.29 is 38.6 Å². The van der Waals surface area contributed by atoms with E-state index >= 15 is 0 Å². The van der Waals surface area contributed by atoms with Crippen molar-refractivity contribution in [2.45, 2.75) is 31.1 Å². The van der Waals surface area contributed by atoms with Gasteiger partial charge in [-0.2, -0.15) is 0 Å². The molecule has 172 valence electrons. The Morgan fingerprint density at radius 1 is 1.16 bits per heavy atom. The third kappa shape index (κ3) is 4.74. The lowest BCUT2D eigenvalue weighted by Gasteiger charge is -2.16. The summed E-state index contributed by atoms with van der Waals surface area (Å²) in [6, 6.07) is 7.51. The van der Waals surface area contributed by atoms with Gasteiger partial charge in [0.2, 0.25) is 0 Å². The van der Waals surface area contributed by atoms with E-state index in [1.807, 2.05) is 24.3 Å². The fraction of sp³-hybridized carbons (Fsp3) is 0.389. The monoisotopic (exact) mass is 467 g/mol. The summed E-state index contributed by atoms with van der Waals surface area (Å²) in [7, 11) is -3.16. The lowest BCUT2D eigenvalue weighted by molar-refractivity contribution is -0.0504. The molecule has 1 aromatic carbocycles. The van der Waals surface area contributed by atoms with Crippen molar-refractivity contribution in [1.82, 2.24) is 19.5 Å². The molecule has 0 unspecified atom stereocenters. The molecule has 4 atom stereocenters. The van der Waals surface area contributed by atoms with Crippen molar-refractivity contribution in [3.63, 3.8) is 0 Å². The number of hydrogen-bond acceptors (Lipinski definition) is 10. The SMILES string of the molecule is COc1ccc(CNc2ncnc3c2ncn3[C@@H]2O[C@H](COP(=O)(O)O)[C@@H](O)[C@H]2O)cc1. The van der Waals surface area contributed by atoms with Gasteiger partial charge >= 0.3 is 7.82 Å². The summed E-state index contributed by atoms with van der Waals surface area (Å²) in [6.07, 6.45) is -2.38. The van der Waals surface area contributed by atoms with Crippen LogP contribution < -0.4 is 10.1 Å². The molecule has 0 spiro atoms. The quantitative estimate of drug-likeness (QED) is 0.284. The van der Waals surface area contributed by atoms with Gasteiger partial charge < -0.3 is 34.8 Å². The molecule has 13 nitrogen and oxygen atoms in total. The number of imidazole rings is 1. The molecule has 0 amide bonds. The molecule has 0 radical (unpaired) electrons. The molecule has 0 aliphatic carbocycles. The summed E-state index contributed by atoms with van der Waals surface area (Å²) in [4.78, 5) is 30.4. The number of phosphoric ester groups is 1. The van der Waals surface area contributed by atoms with Crippen LogP contribution in [-0.4, -0.2) is 71.5 Å². The zero-order valence-corrected chi connectivity index (χ0v) is 17.7. The number of phosphoric acid groups is 1. The summed E-state index contributed by atoms with van der Waals surface area (Å²) < 4.78 is 27.5. The second kappa shape index (κ2) is 9.08. The van der Waals surface area contributed by atoms with Gasteiger partial charge in [0.05, 0.1) is 20.0 Å². The van der Waals surface area contributed by atoms with E-state index in [-0.39, 0.29) is 0 Å². The molecular weight excluding hydrogens is 445 g/mol. The van der Waals surface area contributed by atoms with Crippen LogP contribution in [0.5, 0.6) is 5.75 Å². The number of aromatic nitrogens is 4. The average molecular weight is 467 g/mol. The number of benzene rings is 1. The third-order valence-electron chi connectivity index (χ3n) is 5.00. The maximum atomic E-state index is 10.9. The molecule has 1 fully saturated rings. The Bertz CT molecular complexity index is 1120.